The molecule has 180 valence electrons. The fourth-order valence-corrected chi connectivity index (χ4v) is 4.76. The third-order valence-corrected chi connectivity index (χ3v) is 6.87. The lowest BCUT2D eigenvalue weighted by atomic mass is 10.1. The summed E-state index contributed by atoms with van der Waals surface area (Å²) in [6, 6.07) is 24.9. The van der Waals surface area contributed by atoms with E-state index in [9.17, 15) is 8.42 Å². The molecule has 0 radical (unpaired) electrons. The van der Waals surface area contributed by atoms with Crippen molar-refractivity contribution in [2.24, 2.45) is 0 Å². The molecule has 5 aromatic rings. The highest BCUT2D eigenvalue weighted by Gasteiger charge is 2.15. The van der Waals surface area contributed by atoms with Gasteiger partial charge in [0.2, 0.25) is 5.88 Å². The summed E-state index contributed by atoms with van der Waals surface area (Å²) in [6.07, 6.45) is 3.52. The average Bonchev–Trinajstić information content (AvgIpc) is 3.31. The van der Waals surface area contributed by atoms with E-state index in [4.69, 9.17) is 4.74 Å². The van der Waals surface area contributed by atoms with Crippen LogP contribution in [0.2, 0.25) is 0 Å². The molecule has 0 bridgehead atoms. The Kier molecular flexibility index (Phi) is 6.22. The van der Waals surface area contributed by atoms with E-state index in [2.05, 4.69) is 19.7 Å². The molecule has 36 heavy (non-hydrogen) atoms. The second-order valence-electron chi connectivity index (χ2n) is 8.08. The van der Waals surface area contributed by atoms with Gasteiger partial charge in [-0.2, -0.15) is 4.98 Å². The van der Waals surface area contributed by atoms with E-state index >= 15 is 0 Å². The van der Waals surface area contributed by atoms with E-state index in [-0.39, 0.29) is 4.90 Å². The molecule has 2 heterocycles. The highest BCUT2D eigenvalue weighted by atomic mass is 32.2. The molecule has 9 heteroatoms. The fraction of sp³-hybridized carbons (Fsp3) is 0.0741. The van der Waals surface area contributed by atoms with Gasteiger partial charge in [0.05, 0.1) is 4.90 Å². The van der Waals surface area contributed by atoms with Crippen molar-refractivity contribution >= 4 is 15.7 Å². The first-order valence-electron chi connectivity index (χ1n) is 11.2. The number of rotatable bonds is 7. The molecule has 3 aromatic carbocycles. The summed E-state index contributed by atoms with van der Waals surface area (Å²) in [5.74, 6) is 2.88. The van der Waals surface area contributed by atoms with Gasteiger partial charge < -0.3 is 4.74 Å². The van der Waals surface area contributed by atoms with Gasteiger partial charge in [0.1, 0.15) is 23.2 Å². The maximum Gasteiger partial charge on any atom is 0.261 e. The third-order valence-electron chi connectivity index (χ3n) is 5.47. The highest BCUT2D eigenvalue weighted by molar-refractivity contribution is 7.92. The highest BCUT2D eigenvalue weighted by Crippen LogP contribution is 2.26. The summed E-state index contributed by atoms with van der Waals surface area (Å²) in [5, 5.41) is 0. The zero-order chi connectivity index (χ0) is 25.1. The predicted molar refractivity (Wildman–Crippen MR) is 138 cm³/mol. The quantitative estimate of drug-likeness (QED) is 0.317. The van der Waals surface area contributed by atoms with E-state index in [0.29, 0.717) is 29.0 Å². The summed E-state index contributed by atoms with van der Waals surface area (Å²) >= 11 is 0. The van der Waals surface area contributed by atoms with Gasteiger partial charge in [0, 0.05) is 24.1 Å². The van der Waals surface area contributed by atoms with E-state index in [1.165, 1.54) is 0 Å². The monoisotopic (exact) mass is 497 g/mol. The molecule has 0 aliphatic heterocycles. The van der Waals surface area contributed by atoms with E-state index < -0.39 is 10.0 Å². The Labute approximate surface area is 209 Å². The van der Waals surface area contributed by atoms with Crippen LogP contribution in [0.1, 0.15) is 11.6 Å². The van der Waals surface area contributed by atoms with Crippen LogP contribution in [0, 0.1) is 13.8 Å². The molecule has 0 aliphatic carbocycles. The lowest BCUT2D eigenvalue weighted by Gasteiger charge is -2.11. The first kappa shape index (κ1) is 23.3. The first-order chi connectivity index (χ1) is 17.4. The van der Waals surface area contributed by atoms with Gasteiger partial charge in [0.15, 0.2) is 0 Å². The summed E-state index contributed by atoms with van der Waals surface area (Å²) < 4.78 is 36.1. The minimum absolute atomic E-state index is 0.182. The van der Waals surface area contributed by atoms with Crippen LogP contribution in [0.15, 0.2) is 102 Å². The number of ether oxygens (including phenoxy) is 1. The number of imidazole rings is 1. The number of aryl methyl sites for hydroxylation is 2. The molecule has 0 amide bonds. The number of hydrogen-bond acceptors (Lipinski definition) is 6. The maximum atomic E-state index is 12.9. The second kappa shape index (κ2) is 9.63. The number of nitrogens with zero attached hydrogens (tertiary/aromatic N) is 4. The third kappa shape index (κ3) is 5.11. The SMILES string of the molecule is Cc1nc(Oc2ccc(NS(=O)(=O)c3ccc(-c4ccccc4)cc3)cc2)cc(-n2ccnc2C)n1. The molecule has 0 saturated carbocycles. The van der Waals surface area contributed by atoms with Gasteiger partial charge in [-0.05, 0) is 61.4 Å². The van der Waals surface area contributed by atoms with Crippen LogP contribution < -0.4 is 9.46 Å². The Morgan fingerprint density at radius 3 is 2.19 bits per heavy atom. The summed E-state index contributed by atoms with van der Waals surface area (Å²) in [6.45, 7) is 3.67. The molecule has 0 spiro atoms. The molecule has 0 atom stereocenters. The lowest BCUT2D eigenvalue weighted by molar-refractivity contribution is 0.459. The maximum absolute atomic E-state index is 12.9. The molecule has 5 rings (SSSR count). The molecule has 2 aromatic heterocycles. The van der Waals surface area contributed by atoms with Gasteiger partial charge in [0.25, 0.3) is 10.0 Å². The standard InChI is InChI=1S/C27H23N5O3S/c1-19-29-26(32-17-16-28-20(32)2)18-27(30-19)35-24-12-10-23(11-13-24)31-36(33,34)25-14-8-22(9-15-25)21-6-4-3-5-7-21/h3-18,31H,1-2H3. The Morgan fingerprint density at radius 2 is 1.53 bits per heavy atom. The second-order valence-corrected chi connectivity index (χ2v) is 9.76. The topological polar surface area (TPSA) is 99.0 Å². The Balaban J connectivity index is 1.29. The molecular weight excluding hydrogens is 474 g/mol. The first-order valence-corrected chi connectivity index (χ1v) is 12.7. The van der Waals surface area contributed by atoms with Crippen LogP contribution in [0.4, 0.5) is 5.69 Å². The van der Waals surface area contributed by atoms with Gasteiger partial charge in [-0.25, -0.2) is 18.4 Å². The van der Waals surface area contributed by atoms with E-state index in [0.717, 1.165) is 17.0 Å². The molecule has 0 fully saturated rings. The fourth-order valence-electron chi connectivity index (χ4n) is 3.70. The molecule has 0 unspecified atom stereocenters. The Hall–Kier alpha value is -4.50. The predicted octanol–water partition coefficient (Wildman–Crippen LogP) is 5.54. The Bertz CT molecular complexity index is 1600. The van der Waals surface area contributed by atoms with Crippen molar-refractivity contribution in [2.75, 3.05) is 4.72 Å². The molecule has 8 nitrogen and oxygen atoms in total. The molecular formula is C27H23N5O3S. The number of anilines is 1. The van der Waals surface area contributed by atoms with Crippen molar-refractivity contribution in [3.63, 3.8) is 0 Å². The van der Waals surface area contributed by atoms with Crippen molar-refractivity contribution in [1.29, 1.82) is 0 Å². The van der Waals surface area contributed by atoms with Gasteiger partial charge in [-0.15, -0.1) is 0 Å². The summed E-state index contributed by atoms with van der Waals surface area (Å²) in [5.41, 5.74) is 2.39. The van der Waals surface area contributed by atoms with Gasteiger partial charge in [-0.1, -0.05) is 42.5 Å². The van der Waals surface area contributed by atoms with Gasteiger partial charge >= 0.3 is 0 Å². The Morgan fingerprint density at radius 1 is 0.833 bits per heavy atom. The van der Waals surface area contributed by atoms with Gasteiger partial charge in [-0.3, -0.25) is 9.29 Å². The molecule has 1 N–H and O–H groups in total. The lowest BCUT2D eigenvalue weighted by Crippen LogP contribution is -2.12. The number of benzene rings is 3. The van der Waals surface area contributed by atoms with Crippen LogP contribution in [0.25, 0.3) is 16.9 Å². The summed E-state index contributed by atoms with van der Waals surface area (Å²) in [4.78, 5) is 13.2. The minimum atomic E-state index is -3.74. The number of aromatic nitrogens is 4. The summed E-state index contributed by atoms with van der Waals surface area (Å²) in [7, 11) is -3.74. The van der Waals surface area contributed by atoms with Crippen molar-refractivity contribution in [3.8, 4) is 28.6 Å². The number of hydrogen-bond donors (Lipinski definition) is 1. The van der Waals surface area contributed by atoms with Crippen molar-refractivity contribution < 1.29 is 13.2 Å². The van der Waals surface area contributed by atoms with Crippen LogP contribution in [-0.4, -0.2) is 27.9 Å². The molecule has 0 aliphatic rings. The van der Waals surface area contributed by atoms with Crippen molar-refractivity contribution in [3.05, 3.63) is 109 Å². The smallest absolute Gasteiger partial charge is 0.261 e. The van der Waals surface area contributed by atoms with Crippen LogP contribution >= 0.6 is 0 Å². The zero-order valence-corrected chi connectivity index (χ0v) is 20.5. The van der Waals surface area contributed by atoms with Crippen LogP contribution in [0.3, 0.4) is 0 Å². The van der Waals surface area contributed by atoms with Crippen LogP contribution in [-0.2, 0) is 10.0 Å². The van der Waals surface area contributed by atoms with E-state index in [1.54, 1.807) is 67.7 Å². The average molecular weight is 498 g/mol. The largest absolute Gasteiger partial charge is 0.439 e. The van der Waals surface area contributed by atoms with E-state index in [1.807, 2.05) is 48.0 Å². The number of sulfonamides is 1. The zero-order valence-electron chi connectivity index (χ0n) is 19.7. The number of nitrogens with one attached hydrogen (secondary N) is 1. The van der Waals surface area contributed by atoms with Crippen molar-refractivity contribution in [2.45, 2.75) is 18.7 Å². The normalized spacial score (nSPS) is 11.3. The molecule has 0 saturated heterocycles. The van der Waals surface area contributed by atoms with Crippen LogP contribution in [0.5, 0.6) is 11.6 Å². The minimum Gasteiger partial charge on any atom is -0.439 e. The van der Waals surface area contributed by atoms with Crippen molar-refractivity contribution in [1.82, 2.24) is 19.5 Å².